The number of aliphatic carboxylic acids is 1. The third-order valence-electron chi connectivity index (χ3n) is 4.29. The summed E-state index contributed by atoms with van der Waals surface area (Å²) in [5.74, 6) is -0.960. The van der Waals surface area contributed by atoms with Crippen molar-refractivity contribution in [3.05, 3.63) is 68.8 Å². The van der Waals surface area contributed by atoms with Crippen LogP contribution < -0.4 is 10.1 Å². The number of non-ortho nitro benzene ring substituents is 1. The number of nitro groups is 1. The highest BCUT2D eigenvalue weighted by Gasteiger charge is 2.25. The van der Waals surface area contributed by atoms with Crippen molar-refractivity contribution in [3.8, 4) is 5.75 Å². The summed E-state index contributed by atoms with van der Waals surface area (Å²) in [6.07, 6.45) is 0. The van der Waals surface area contributed by atoms with Crippen LogP contribution in [0.1, 0.15) is 40.9 Å². The third kappa shape index (κ3) is 4.85. The van der Waals surface area contributed by atoms with E-state index >= 15 is 0 Å². The molecule has 0 saturated heterocycles. The molecule has 2 aromatic carbocycles. The first-order valence-corrected chi connectivity index (χ1v) is 8.54. The number of nitro benzene ring substituents is 1. The van der Waals surface area contributed by atoms with Gasteiger partial charge in [0.2, 0.25) is 0 Å². The van der Waals surface area contributed by atoms with E-state index in [-0.39, 0.29) is 11.6 Å². The van der Waals surface area contributed by atoms with E-state index in [1.807, 2.05) is 0 Å². The van der Waals surface area contributed by atoms with Gasteiger partial charge in [0.25, 0.3) is 11.6 Å². The molecule has 8 nitrogen and oxygen atoms in total. The second kappa shape index (κ2) is 8.08. The number of nitrogens with one attached hydrogen (secondary N) is 1. The molecule has 0 unspecified atom stereocenters. The zero-order valence-corrected chi connectivity index (χ0v) is 16.1. The Morgan fingerprint density at radius 1 is 1.14 bits per heavy atom. The van der Waals surface area contributed by atoms with Crippen LogP contribution >= 0.6 is 0 Å². The molecule has 0 heterocycles. The third-order valence-corrected chi connectivity index (χ3v) is 4.29. The molecule has 2 rings (SSSR count). The van der Waals surface area contributed by atoms with Gasteiger partial charge in [-0.1, -0.05) is 0 Å². The number of hydrogen-bond donors (Lipinski definition) is 2. The number of carboxylic acids is 1. The first-order valence-electron chi connectivity index (χ1n) is 8.54. The number of aryl methyl sites for hydroxylation is 2. The summed E-state index contributed by atoms with van der Waals surface area (Å²) in [4.78, 5) is 33.7. The van der Waals surface area contributed by atoms with E-state index in [9.17, 15) is 19.7 Å². The summed E-state index contributed by atoms with van der Waals surface area (Å²) >= 11 is 0. The highest BCUT2D eigenvalue weighted by atomic mass is 16.6. The molecule has 0 aliphatic carbocycles. The quantitative estimate of drug-likeness (QED) is 0.556. The van der Waals surface area contributed by atoms with Crippen LogP contribution in [0.15, 0.2) is 36.4 Å². The second-order valence-corrected chi connectivity index (χ2v) is 7.00. The Morgan fingerprint density at radius 2 is 1.68 bits per heavy atom. The topological polar surface area (TPSA) is 119 Å². The molecule has 0 saturated carbocycles. The molecular weight excluding hydrogens is 364 g/mol. The zero-order chi connectivity index (χ0) is 21.1. The normalized spacial score (nSPS) is 11.0. The van der Waals surface area contributed by atoms with Crippen molar-refractivity contribution in [3.63, 3.8) is 0 Å². The van der Waals surface area contributed by atoms with Crippen LogP contribution in [0.4, 0.5) is 5.69 Å². The Labute approximate surface area is 162 Å². The minimum Gasteiger partial charge on any atom is -0.481 e. The lowest BCUT2D eigenvalue weighted by Gasteiger charge is -2.27. The predicted octanol–water partition coefficient (Wildman–Crippen LogP) is 3.34. The van der Waals surface area contributed by atoms with Crippen molar-refractivity contribution in [1.29, 1.82) is 0 Å². The summed E-state index contributed by atoms with van der Waals surface area (Å²) < 4.78 is 5.28. The highest BCUT2D eigenvalue weighted by Crippen LogP contribution is 2.27. The van der Waals surface area contributed by atoms with E-state index in [1.165, 1.54) is 12.1 Å². The van der Waals surface area contributed by atoms with Crippen LogP contribution in [-0.4, -0.2) is 28.5 Å². The Kier molecular flexibility index (Phi) is 6.03. The lowest BCUT2D eigenvalue weighted by Crippen LogP contribution is -2.41. The van der Waals surface area contributed by atoms with E-state index in [0.717, 1.165) is 5.56 Å². The number of rotatable bonds is 7. The lowest BCUT2D eigenvalue weighted by atomic mass is 9.93. The highest BCUT2D eigenvalue weighted by molar-refractivity contribution is 5.95. The molecule has 2 N–H and O–H groups in total. The van der Waals surface area contributed by atoms with E-state index in [1.54, 1.807) is 52.0 Å². The molecule has 2 aromatic rings. The Bertz CT molecular complexity index is 896. The zero-order valence-electron chi connectivity index (χ0n) is 16.1. The number of ether oxygens (including phenoxy) is 1. The number of amides is 1. The predicted molar refractivity (Wildman–Crippen MR) is 103 cm³/mol. The van der Waals surface area contributed by atoms with E-state index in [0.29, 0.717) is 22.4 Å². The monoisotopic (exact) mass is 386 g/mol. The van der Waals surface area contributed by atoms with Crippen LogP contribution in [0.3, 0.4) is 0 Å². The molecule has 148 valence electrons. The van der Waals surface area contributed by atoms with Crippen molar-refractivity contribution < 1.29 is 24.4 Å². The summed E-state index contributed by atoms with van der Waals surface area (Å²) in [6, 6.07) is 9.27. The molecule has 0 atom stereocenters. The van der Waals surface area contributed by atoms with Gasteiger partial charge >= 0.3 is 5.97 Å². The van der Waals surface area contributed by atoms with Gasteiger partial charge in [-0.05, 0) is 68.7 Å². The average molecular weight is 386 g/mol. The van der Waals surface area contributed by atoms with E-state index in [4.69, 9.17) is 9.84 Å². The SMILES string of the molecule is Cc1cc(C(=O)NC(C)(C)c2ccc([N+](=O)[O-])cc2)cc(C)c1OCC(=O)O. The molecule has 0 aliphatic heterocycles. The van der Waals surface area contributed by atoms with Gasteiger partial charge < -0.3 is 15.2 Å². The number of benzene rings is 2. The molecule has 0 radical (unpaired) electrons. The number of carbonyl (C=O) groups excluding carboxylic acids is 1. The fourth-order valence-electron chi connectivity index (χ4n) is 2.87. The van der Waals surface area contributed by atoms with Crippen LogP contribution in [0, 0.1) is 24.0 Å². The first kappa shape index (κ1) is 20.9. The smallest absolute Gasteiger partial charge is 0.341 e. The molecule has 0 aliphatic rings. The van der Waals surface area contributed by atoms with Crippen LogP contribution in [-0.2, 0) is 10.3 Å². The van der Waals surface area contributed by atoms with Crippen LogP contribution in [0.25, 0.3) is 0 Å². The maximum atomic E-state index is 12.7. The van der Waals surface area contributed by atoms with Gasteiger partial charge in [-0.2, -0.15) is 0 Å². The van der Waals surface area contributed by atoms with Crippen molar-refractivity contribution in [1.82, 2.24) is 5.32 Å². The summed E-state index contributed by atoms with van der Waals surface area (Å²) in [7, 11) is 0. The molecule has 28 heavy (non-hydrogen) atoms. The van der Waals surface area contributed by atoms with Gasteiger partial charge in [0, 0.05) is 17.7 Å². The maximum Gasteiger partial charge on any atom is 0.341 e. The van der Waals surface area contributed by atoms with Crippen LogP contribution in [0.5, 0.6) is 5.75 Å². The Balaban J connectivity index is 2.21. The molecule has 0 spiro atoms. The largest absolute Gasteiger partial charge is 0.481 e. The van der Waals surface area contributed by atoms with Gasteiger partial charge in [0.1, 0.15) is 5.75 Å². The minimum absolute atomic E-state index is 0.0194. The summed E-state index contributed by atoms with van der Waals surface area (Å²) in [6.45, 7) is 6.62. The van der Waals surface area contributed by atoms with Gasteiger partial charge in [-0.15, -0.1) is 0 Å². The standard InChI is InChI=1S/C20H22N2O6/c1-12-9-14(10-13(2)18(12)28-11-17(23)24)19(25)21-20(3,4)15-5-7-16(8-6-15)22(26)27/h5-10H,11H2,1-4H3,(H,21,25)(H,23,24). The van der Waals surface area contributed by atoms with Gasteiger partial charge in [-0.25, -0.2) is 4.79 Å². The van der Waals surface area contributed by atoms with E-state index < -0.39 is 23.0 Å². The van der Waals surface area contributed by atoms with Gasteiger partial charge in [0.15, 0.2) is 6.61 Å². The molecule has 0 bridgehead atoms. The average Bonchev–Trinajstić information content (AvgIpc) is 2.60. The van der Waals surface area contributed by atoms with Crippen molar-refractivity contribution >= 4 is 17.6 Å². The second-order valence-electron chi connectivity index (χ2n) is 7.00. The maximum absolute atomic E-state index is 12.7. The Hall–Kier alpha value is -3.42. The first-order chi connectivity index (χ1) is 13.0. The van der Waals surface area contributed by atoms with Crippen molar-refractivity contribution in [2.75, 3.05) is 6.61 Å². The molecule has 0 aromatic heterocycles. The molecule has 0 fully saturated rings. The molecule has 1 amide bonds. The minimum atomic E-state index is -1.08. The number of carbonyl (C=O) groups is 2. The van der Waals surface area contributed by atoms with Crippen molar-refractivity contribution in [2.24, 2.45) is 0 Å². The van der Waals surface area contributed by atoms with E-state index in [2.05, 4.69) is 5.32 Å². The lowest BCUT2D eigenvalue weighted by molar-refractivity contribution is -0.384. The molecule has 8 heteroatoms. The number of hydrogen-bond acceptors (Lipinski definition) is 5. The number of nitrogens with zero attached hydrogens (tertiary/aromatic N) is 1. The van der Waals surface area contributed by atoms with Crippen LogP contribution in [0.2, 0.25) is 0 Å². The summed E-state index contributed by atoms with van der Waals surface area (Å²) in [5, 5.41) is 22.5. The molecular formula is C20H22N2O6. The Morgan fingerprint density at radius 3 is 2.14 bits per heavy atom. The fourth-order valence-corrected chi connectivity index (χ4v) is 2.87. The van der Waals surface area contributed by atoms with Crippen molar-refractivity contribution in [2.45, 2.75) is 33.2 Å². The van der Waals surface area contributed by atoms with Gasteiger partial charge in [0.05, 0.1) is 10.5 Å². The van der Waals surface area contributed by atoms with Gasteiger partial charge in [-0.3, -0.25) is 14.9 Å². The summed E-state index contributed by atoms with van der Waals surface area (Å²) in [5.41, 5.74) is 1.66. The fraction of sp³-hybridized carbons (Fsp3) is 0.300. The number of carboxylic acid groups (broad SMARTS) is 1.